The van der Waals surface area contributed by atoms with E-state index in [1.54, 1.807) is 6.20 Å². The first-order chi connectivity index (χ1) is 15.6. The SMILES string of the molecule is CCOc1ccc(C2CC3C(=O)N(CC(=O)NCCCc4ccccc4)C=CN3N2)cc1. The number of hydrogen-bond acceptors (Lipinski definition) is 5. The number of rotatable bonds is 9. The summed E-state index contributed by atoms with van der Waals surface area (Å²) in [5.41, 5.74) is 5.74. The first-order valence-corrected chi connectivity index (χ1v) is 11.2. The molecule has 2 aliphatic heterocycles. The van der Waals surface area contributed by atoms with Crippen LogP contribution in [0.4, 0.5) is 0 Å². The van der Waals surface area contributed by atoms with E-state index in [0.717, 1.165) is 24.2 Å². The minimum Gasteiger partial charge on any atom is -0.494 e. The Hall–Kier alpha value is -3.32. The number of hydrazine groups is 1. The van der Waals surface area contributed by atoms with E-state index >= 15 is 0 Å². The third-order valence-corrected chi connectivity index (χ3v) is 5.79. The lowest BCUT2D eigenvalue weighted by Gasteiger charge is -2.31. The molecule has 0 spiro atoms. The van der Waals surface area contributed by atoms with Crippen molar-refractivity contribution in [1.29, 1.82) is 0 Å². The monoisotopic (exact) mass is 434 g/mol. The molecule has 2 aromatic carbocycles. The molecule has 0 aliphatic carbocycles. The molecule has 7 nitrogen and oxygen atoms in total. The van der Waals surface area contributed by atoms with Gasteiger partial charge in [0.05, 0.1) is 12.6 Å². The lowest BCUT2D eigenvalue weighted by atomic mass is 10.0. The predicted octanol–water partition coefficient (Wildman–Crippen LogP) is 2.77. The van der Waals surface area contributed by atoms with Crippen LogP contribution >= 0.6 is 0 Å². The molecule has 2 aromatic rings. The number of aryl methyl sites for hydroxylation is 1. The van der Waals surface area contributed by atoms with Crippen LogP contribution < -0.4 is 15.5 Å². The first kappa shape index (κ1) is 21.9. The van der Waals surface area contributed by atoms with Crippen molar-refractivity contribution in [3.63, 3.8) is 0 Å². The highest BCUT2D eigenvalue weighted by molar-refractivity contribution is 5.89. The van der Waals surface area contributed by atoms with Gasteiger partial charge in [0.15, 0.2) is 0 Å². The Morgan fingerprint density at radius 1 is 1.12 bits per heavy atom. The summed E-state index contributed by atoms with van der Waals surface area (Å²) in [7, 11) is 0. The molecule has 2 N–H and O–H groups in total. The van der Waals surface area contributed by atoms with Gasteiger partial charge >= 0.3 is 0 Å². The molecule has 0 radical (unpaired) electrons. The zero-order valence-electron chi connectivity index (χ0n) is 18.4. The summed E-state index contributed by atoms with van der Waals surface area (Å²) in [6, 6.07) is 17.9. The van der Waals surface area contributed by atoms with Gasteiger partial charge in [-0.25, -0.2) is 5.43 Å². The Balaban J connectivity index is 1.25. The van der Waals surface area contributed by atoms with Gasteiger partial charge in [0.25, 0.3) is 5.91 Å². The van der Waals surface area contributed by atoms with Gasteiger partial charge in [-0.05, 0) is 49.4 Å². The van der Waals surface area contributed by atoms with Gasteiger partial charge < -0.3 is 20.0 Å². The number of carbonyl (C=O) groups excluding carboxylic acids is 2. The zero-order valence-corrected chi connectivity index (χ0v) is 18.4. The minimum absolute atomic E-state index is 0.0380. The first-order valence-electron chi connectivity index (χ1n) is 11.2. The van der Waals surface area contributed by atoms with E-state index in [1.165, 1.54) is 10.5 Å². The number of ether oxygens (including phenoxy) is 1. The summed E-state index contributed by atoms with van der Waals surface area (Å²) in [4.78, 5) is 26.8. The van der Waals surface area contributed by atoms with Crippen LogP contribution in [0.25, 0.3) is 0 Å². The summed E-state index contributed by atoms with van der Waals surface area (Å²) in [5, 5.41) is 4.77. The number of amides is 2. The molecule has 0 aromatic heterocycles. The van der Waals surface area contributed by atoms with Crippen molar-refractivity contribution >= 4 is 11.8 Å². The molecule has 1 fully saturated rings. The standard InChI is InChI=1S/C25H30N4O3/c1-2-32-21-12-10-20(11-13-21)22-17-23-25(31)28(15-16-29(23)27-22)18-24(30)26-14-6-9-19-7-4-3-5-8-19/h3-5,7-8,10-13,15-16,22-23,27H,2,6,9,14,17-18H2,1H3,(H,26,30). The normalized spacial score (nSPS) is 19.7. The largest absolute Gasteiger partial charge is 0.494 e. The smallest absolute Gasteiger partial charge is 0.251 e. The summed E-state index contributed by atoms with van der Waals surface area (Å²) >= 11 is 0. The van der Waals surface area contributed by atoms with E-state index in [-0.39, 0.29) is 30.4 Å². The molecular weight excluding hydrogens is 404 g/mol. The van der Waals surface area contributed by atoms with E-state index in [4.69, 9.17) is 4.74 Å². The Morgan fingerprint density at radius 3 is 2.66 bits per heavy atom. The average molecular weight is 435 g/mol. The topological polar surface area (TPSA) is 73.9 Å². The van der Waals surface area contributed by atoms with Crippen LogP contribution in [0, 0.1) is 0 Å². The maximum Gasteiger partial charge on any atom is 0.251 e. The van der Waals surface area contributed by atoms with Crippen LogP contribution in [0.3, 0.4) is 0 Å². The van der Waals surface area contributed by atoms with E-state index in [0.29, 0.717) is 19.6 Å². The van der Waals surface area contributed by atoms with E-state index in [9.17, 15) is 9.59 Å². The third-order valence-electron chi connectivity index (χ3n) is 5.79. The second kappa shape index (κ2) is 10.3. The van der Waals surface area contributed by atoms with Crippen LogP contribution in [0.2, 0.25) is 0 Å². The molecule has 2 atom stereocenters. The maximum absolute atomic E-state index is 13.0. The van der Waals surface area contributed by atoms with Gasteiger partial charge in [0.1, 0.15) is 18.3 Å². The number of benzene rings is 2. The Labute approximate surface area is 189 Å². The van der Waals surface area contributed by atoms with Crippen molar-refractivity contribution < 1.29 is 14.3 Å². The lowest BCUT2D eigenvalue weighted by Crippen LogP contribution is -2.50. The van der Waals surface area contributed by atoms with Crippen molar-refractivity contribution in [3.8, 4) is 5.75 Å². The van der Waals surface area contributed by atoms with Crippen molar-refractivity contribution in [2.75, 3.05) is 19.7 Å². The Morgan fingerprint density at radius 2 is 1.91 bits per heavy atom. The van der Waals surface area contributed by atoms with Crippen LogP contribution in [0.15, 0.2) is 67.0 Å². The average Bonchev–Trinajstić information content (AvgIpc) is 3.25. The third kappa shape index (κ3) is 5.29. The van der Waals surface area contributed by atoms with Gasteiger partial charge in [0.2, 0.25) is 5.91 Å². The molecule has 0 saturated carbocycles. The fourth-order valence-electron chi connectivity index (χ4n) is 4.12. The van der Waals surface area contributed by atoms with Gasteiger partial charge in [-0.2, -0.15) is 0 Å². The number of carbonyl (C=O) groups is 2. The summed E-state index contributed by atoms with van der Waals surface area (Å²) in [6.45, 7) is 3.22. The Kier molecular flexibility index (Phi) is 7.07. The number of hydrogen-bond donors (Lipinski definition) is 2. The molecule has 32 heavy (non-hydrogen) atoms. The number of nitrogens with zero attached hydrogens (tertiary/aromatic N) is 2. The summed E-state index contributed by atoms with van der Waals surface area (Å²) in [6.07, 6.45) is 5.94. The van der Waals surface area contributed by atoms with Crippen molar-refractivity contribution in [1.82, 2.24) is 20.7 Å². The van der Waals surface area contributed by atoms with Gasteiger partial charge in [-0.3, -0.25) is 9.59 Å². The van der Waals surface area contributed by atoms with Crippen LogP contribution in [-0.4, -0.2) is 47.5 Å². The van der Waals surface area contributed by atoms with E-state index in [1.807, 2.05) is 60.6 Å². The maximum atomic E-state index is 13.0. The molecule has 2 amide bonds. The highest BCUT2D eigenvalue weighted by Crippen LogP contribution is 2.31. The molecule has 0 bridgehead atoms. The fourth-order valence-corrected chi connectivity index (χ4v) is 4.12. The number of fused-ring (bicyclic) bond motifs is 1. The van der Waals surface area contributed by atoms with Gasteiger partial charge in [-0.1, -0.05) is 42.5 Å². The van der Waals surface area contributed by atoms with Crippen molar-refractivity contribution in [3.05, 3.63) is 78.1 Å². The van der Waals surface area contributed by atoms with Gasteiger partial charge in [0, 0.05) is 18.9 Å². The second-order valence-electron chi connectivity index (χ2n) is 8.05. The second-order valence-corrected chi connectivity index (χ2v) is 8.05. The molecule has 2 unspecified atom stereocenters. The van der Waals surface area contributed by atoms with Crippen LogP contribution in [-0.2, 0) is 16.0 Å². The quantitative estimate of drug-likeness (QED) is 0.594. The minimum atomic E-state index is -0.317. The summed E-state index contributed by atoms with van der Waals surface area (Å²) in [5.74, 6) is 0.635. The molecule has 2 aliphatic rings. The van der Waals surface area contributed by atoms with Gasteiger partial charge in [-0.15, -0.1) is 0 Å². The highest BCUT2D eigenvalue weighted by Gasteiger charge is 2.40. The lowest BCUT2D eigenvalue weighted by molar-refractivity contribution is -0.138. The number of nitrogens with one attached hydrogen (secondary N) is 2. The molecule has 7 heteroatoms. The molecule has 4 rings (SSSR count). The zero-order chi connectivity index (χ0) is 22.3. The van der Waals surface area contributed by atoms with E-state index < -0.39 is 0 Å². The highest BCUT2D eigenvalue weighted by atomic mass is 16.5. The fraction of sp³-hybridized carbons (Fsp3) is 0.360. The molecule has 1 saturated heterocycles. The van der Waals surface area contributed by atoms with E-state index in [2.05, 4.69) is 22.9 Å². The van der Waals surface area contributed by atoms with Crippen molar-refractivity contribution in [2.45, 2.75) is 38.3 Å². The predicted molar refractivity (Wildman–Crippen MR) is 122 cm³/mol. The summed E-state index contributed by atoms with van der Waals surface area (Å²) < 4.78 is 5.50. The Bertz CT molecular complexity index is 945. The van der Waals surface area contributed by atoms with Crippen molar-refractivity contribution in [2.24, 2.45) is 0 Å². The molecule has 2 heterocycles. The van der Waals surface area contributed by atoms with Crippen LogP contribution in [0.5, 0.6) is 5.75 Å². The molecule has 168 valence electrons. The van der Waals surface area contributed by atoms with Crippen LogP contribution in [0.1, 0.15) is 36.9 Å². The molecular formula is C25H30N4O3.